The summed E-state index contributed by atoms with van der Waals surface area (Å²) >= 11 is 0. The van der Waals surface area contributed by atoms with Crippen LogP contribution in [0.4, 0.5) is 0 Å². The Morgan fingerprint density at radius 2 is 1.80 bits per heavy atom. The Morgan fingerprint density at radius 1 is 1.00 bits per heavy atom. The first-order valence-electron chi connectivity index (χ1n) is 4.72. The largest absolute Gasteiger partial charge is 0.508 e. The third kappa shape index (κ3) is 2.68. The molecule has 0 unspecified atom stereocenters. The van der Waals surface area contributed by atoms with Crippen LogP contribution in [0.15, 0.2) is 48.8 Å². The zero-order valence-corrected chi connectivity index (χ0v) is 8.17. The molecule has 2 aromatic rings. The molecular weight excluding hydrogens is 186 g/mol. The van der Waals surface area contributed by atoms with Crippen LogP contribution in [-0.2, 0) is 0 Å². The molecule has 1 aromatic heterocycles. The predicted molar refractivity (Wildman–Crippen MR) is 61.3 cm³/mol. The first-order valence-corrected chi connectivity index (χ1v) is 4.72. The summed E-state index contributed by atoms with van der Waals surface area (Å²) in [5.74, 6) is 0.281. The van der Waals surface area contributed by atoms with Crippen LogP contribution in [-0.4, -0.2) is 10.1 Å². The Balaban J connectivity index is 2.19. The minimum absolute atomic E-state index is 0.281. The lowest BCUT2D eigenvalue weighted by Gasteiger charge is -1.95. The predicted octanol–water partition coefficient (Wildman–Crippen LogP) is 2.96. The zero-order chi connectivity index (χ0) is 10.5. The van der Waals surface area contributed by atoms with Gasteiger partial charge >= 0.3 is 0 Å². The van der Waals surface area contributed by atoms with Gasteiger partial charge in [-0.1, -0.05) is 30.4 Å². The van der Waals surface area contributed by atoms with Crippen LogP contribution < -0.4 is 0 Å². The standard InChI is InChI=1S/C13H11NO/c15-13-5-1-3-11(9-13)6-7-12-4-2-8-14-10-12/h1-10,15H/b7-6+. The number of aromatic hydroxyl groups is 1. The number of phenols is 1. The molecule has 0 fully saturated rings. The zero-order valence-electron chi connectivity index (χ0n) is 8.17. The molecule has 1 heterocycles. The van der Waals surface area contributed by atoms with Gasteiger partial charge in [0.25, 0.3) is 0 Å². The maximum atomic E-state index is 9.26. The van der Waals surface area contributed by atoms with Gasteiger partial charge in [0.1, 0.15) is 5.75 Å². The molecule has 2 nitrogen and oxygen atoms in total. The fourth-order valence-electron chi connectivity index (χ4n) is 1.30. The number of phenolic OH excluding ortho intramolecular Hbond substituents is 1. The quantitative estimate of drug-likeness (QED) is 0.802. The van der Waals surface area contributed by atoms with Gasteiger partial charge in [0.15, 0.2) is 0 Å². The van der Waals surface area contributed by atoms with Crippen molar-refractivity contribution in [2.75, 3.05) is 0 Å². The monoisotopic (exact) mass is 197 g/mol. The van der Waals surface area contributed by atoms with Crippen molar-refractivity contribution in [1.29, 1.82) is 0 Å². The van der Waals surface area contributed by atoms with E-state index in [1.54, 1.807) is 24.5 Å². The molecule has 0 bridgehead atoms. The van der Waals surface area contributed by atoms with E-state index in [4.69, 9.17) is 0 Å². The SMILES string of the molecule is Oc1cccc(/C=C/c2cccnc2)c1. The summed E-state index contributed by atoms with van der Waals surface area (Å²) < 4.78 is 0. The van der Waals surface area contributed by atoms with Crippen LogP contribution in [0.5, 0.6) is 5.75 Å². The number of hydrogen-bond donors (Lipinski definition) is 1. The third-order valence-electron chi connectivity index (χ3n) is 2.02. The van der Waals surface area contributed by atoms with Gasteiger partial charge in [0, 0.05) is 12.4 Å². The van der Waals surface area contributed by atoms with Crippen molar-refractivity contribution in [3.8, 4) is 5.75 Å². The highest BCUT2D eigenvalue weighted by atomic mass is 16.3. The Hall–Kier alpha value is -2.09. The molecular formula is C13H11NO. The number of hydrogen-bond acceptors (Lipinski definition) is 2. The maximum absolute atomic E-state index is 9.26. The Bertz CT molecular complexity index is 463. The molecule has 1 N–H and O–H groups in total. The second kappa shape index (κ2) is 4.42. The van der Waals surface area contributed by atoms with Crippen molar-refractivity contribution in [1.82, 2.24) is 4.98 Å². The summed E-state index contributed by atoms with van der Waals surface area (Å²) in [6.45, 7) is 0. The summed E-state index contributed by atoms with van der Waals surface area (Å²) in [6, 6.07) is 11.0. The van der Waals surface area contributed by atoms with Crippen LogP contribution in [0, 0.1) is 0 Å². The van der Waals surface area contributed by atoms with E-state index in [-0.39, 0.29) is 5.75 Å². The first-order chi connectivity index (χ1) is 7.34. The molecule has 1 aromatic carbocycles. The molecule has 74 valence electrons. The molecule has 0 saturated carbocycles. The van der Waals surface area contributed by atoms with Crippen molar-refractivity contribution in [3.05, 3.63) is 59.9 Å². The van der Waals surface area contributed by atoms with Gasteiger partial charge < -0.3 is 5.11 Å². The van der Waals surface area contributed by atoms with Gasteiger partial charge in [-0.2, -0.15) is 0 Å². The van der Waals surface area contributed by atoms with Crippen LogP contribution in [0.2, 0.25) is 0 Å². The lowest BCUT2D eigenvalue weighted by atomic mass is 10.1. The first kappa shape index (κ1) is 9.46. The lowest BCUT2D eigenvalue weighted by molar-refractivity contribution is 0.475. The van der Waals surface area contributed by atoms with Crippen LogP contribution in [0.3, 0.4) is 0 Å². The summed E-state index contributed by atoms with van der Waals surface area (Å²) in [5, 5.41) is 9.26. The molecule has 0 radical (unpaired) electrons. The Labute approximate surface area is 88.5 Å². The summed E-state index contributed by atoms with van der Waals surface area (Å²) in [5.41, 5.74) is 2.01. The normalized spacial score (nSPS) is 10.7. The second-order valence-corrected chi connectivity index (χ2v) is 3.21. The van der Waals surface area contributed by atoms with Gasteiger partial charge in [-0.15, -0.1) is 0 Å². The van der Waals surface area contributed by atoms with E-state index >= 15 is 0 Å². The van der Waals surface area contributed by atoms with Gasteiger partial charge in [0.2, 0.25) is 0 Å². The van der Waals surface area contributed by atoms with E-state index in [0.717, 1.165) is 11.1 Å². The molecule has 0 spiro atoms. The number of pyridine rings is 1. The molecule has 0 atom stereocenters. The van der Waals surface area contributed by atoms with E-state index in [2.05, 4.69) is 4.98 Å². The van der Waals surface area contributed by atoms with E-state index < -0.39 is 0 Å². The molecule has 15 heavy (non-hydrogen) atoms. The fraction of sp³-hybridized carbons (Fsp3) is 0. The smallest absolute Gasteiger partial charge is 0.116 e. The number of rotatable bonds is 2. The molecule has 0 amide bonds. The Kier molecular flexibility index (Phi) is 2.79. The second-order valence-electron chi connectivity index (χ2n) is 3.21. The fourth-order valence-corrected chi connectivity index (χ4v) is 1.30. The van der Waals surface area contributed by atoms with Crippen LogP contribution in [0.1, 0.15) is 11.1 Å². The van der Waals surface area contributed by atoms with Crippen LogP contribution >= 0.6 is 0 Å². The topological polar surface area (TPSA) is 33.1 Å². The molecule has 0 aliphatic rings. The van der Waals surface area contributed by atoms with Gasteiger partial charge in [0.05, 0.1) is 0 Å². The van der Waals surface area contributed by atoms with E-state index in [0.29, 0.717) is 0 Å². The van der Waals surface area contributed by atoms with E-state index in [1.165, 1.54) is 0 Å². The van der Waals surface area contributed by atoms with Gasteiger partial charge in [-0.05, 0) is 29.3 Å². The van der Waals surface area contributed by atoms with Crippen molar-refractivity contribution in [2.24, 2.45) is 0 Å². The highest BCUT2D eigenvalue weighted by Gasteiger charge is 1.89. The molecule has 0 saturated heterocycles. The Morgan fingerprint density at radius 3 is 2.53 bits per heavy atom. The average molecular weight is 197 g/mol. The lowest BCUT2D eigenvalue weighted by Crippen LogP contribution is -1.74. The number of benzene rings is 1. The number of nitrogens with zero attached hydrogens (tertiary/aromatic N) is 1. The minimum Gasteiger partial charge on any atom is -0.508 e. The van der Waals surface area contributed by atoms with Gasteiger partial charge in [-0.25, -0.2) is 0 Å². The van der Waals surface area contributed by atoms with Crippen molar-refractivity contribution < 1.29 is 5.11 Å². The highest BCUT2D eigenvalue weighted by molar-refractivity contribution is 5.69. The highest BCUT2D eigenvalue weighted by Crippen LogP contribution is 2.13. The minimum atomic E-state index is 0.281. The van der Waals surface area contributed by atoms with Gasteiger partial charge in [-0.3, -0.25) is 4.98 Å². The molecule has 2 heteroatoms. The van der Waals surface area contributed by atoms with Crippen molar-refractivity contribution in [3.63, 3.8) is 0 Å². The summed E-state index contributed by atoms with van der Waals surface area (Å²) in [6.07, 6.45) is 7.43. The summed E-state index contributed by atoms with van der Waals surface area (Å²) in [7, 11) is 0. The van der Waals surface area contributed by atoms with Crippen LogP contribution in [0.25, 0.3) is 12.2 Å². The molecule has 0 aliphatic heterocycles. The summed E-state index contributed by atoms with van der Waals surface area (Å²) in [4.78, 5) is 4.01. The van der Waals surface area contributed by atoms with E-state index in [9.17, 15) is 5.11 Å². The maximum Gasteiger partial charge on any atom is 0.116 e. The van der Waals surface area contributed by atoms with E-state index in [1.807, 2.05) is 36.4 Å². The van der Waals surface area contributed by atoms with Crippen molar-refractivity contribution >= 4 is 12.2 Å². The molecule has 0 aliphatic carbocycles. The molecule has 2 rings (SSSR count). The van der Waals surface area contributed by atoms with Crippen molar-refractivity contribution in [2.45, 2.75) is 0 Å². The number of aromatic nitrogens is 1. The average Bonchev–Trinajstić information content (AvgIpc) is 2.28. The third-order valence-corrected chi connectivity index (χ3v) is 2.02.